The van der Waals surface area contributed by atoms with E-state index in [0.29, 0.717) is 27.7 Å². The van der Waals surface area contributed by atoms with E-state index in [-0.39, 0.29) is 5.91 Å². The van der Waals surface area contributed by atoms with Crippen molar-refractivity contribution in [1.29, 1.82) is 0 Å². The van der Waals surface area contributed by atoms with Crippen molar-refractivity contribution in [1.82, 2.24) is 0 Å². The lowest BCUT2D eigenvalue weighted by Gasteiger charge is -2.11. The van der Waals surface area contributed by atoms with Crippen LogP contribution in [0.25, 0.3) is 0 Å². The number of para-hydroxylation sites is 2. The maximum atomic E-state index is 12.2. The Morgan fingerprint density at radius 2 is 1.95 bits per heavy atom. The lowest BCUT2D eigenvalue weighted by atomic mass is 10.1. The number of ether oxygens (including phenoxy) is 1. The SMILES string of the molecule is COc1ccccc1C(=O)Nc1c(N)cccc1Cl. The zero-order valence-corrected chi connectivity index (χ0v) is 11.1. The average Bonchev–Trinajstić information content (AvgIpc) is 2.42. The predicted octanol–water partition coefficient (Wildman–Crippen LogP) is 3.18. The van der Waals surface area contributed by atoms with Crippen molar-refractivity contribution < 1.29 is 9.53 Å². The van der Waals surface area contributed by atoms with Gasteiger partial charge in [0.2, 0.25) is 0 Å². The van der Waals surface area contributed by atoms with Gasteiger partial charge in [-0.1, -0.05) is 29.8 Å². The number of carbonyl (C=O) groups excluding carboxylic acids is 1. The Morgan fingerprint density at radius 3 is 2.63 bits per heavy atom. The average molecular weight is 277 g/mol. The van der Waals surface area contributed by atoms with Crippen LogP contribution >= 0.6 is 11.6 Å². The van der Waals surface area contributed by atoms with Gasteiger partial charge in [0.15, 0.2) is 0 Å². The highest BCUT2D eigenvalue weighted by Crippen LogP contribution is 2.29. The number of halogens is 1. The third-order valence-electron chi connectivity index (χ3n) is 2.64. The van der Waals surface area contributed by atoms with Crippen LogP contribution < -0.4 is 15.8 Å². The molecule has 2 rings (SSSR count). The summed E-state index contributed by atoms with van der Waals surface area (Å²) in [6, 6.07) is 12.0. The van der Waals surface area contributed by atoms with Gasteiger partial charge in [-0.15, -0.1) is 0 Å². The molecule has 0 unspecified atom stereocenters. The standard InChI is InChI=1S/C14H13ClN2O2/c1-19-12-8-3-2-5-9(12)14(18)17-13-10(15)6-4-7-11(13)16/h2-8H,16H2,1H3,(H,17,18). The van der Waals surface area contributed by atoms with Crippen molar-refractivity contribution in [2.24, 2.45) is 0 Å². The number of nitrogens with two attached hydrogens (primary N) is 1. The smallest absolute Gasteiger partial charge is 0.259 e. The fourth-order valence-corrected chi connectivity index (χ4v) is 1.91. The van der Waals surface area contributed by atoms with Gasteiger partial charge in [-0.05, 0) is 24.3 Å². The van der Waals surface area contributed by atoms with E-state index in [1.54, 1.807) is 42.5 Å². The van der Waals surface area contributed by atoms with Crippen molar-refractivity contribution in [2.45, 2.75) is 0 Å². The van der Waals surface area contributed by atoms with Crippen molar-refractivity contribution in [3.8, 4) is 5.75 Å². The molecule has 0 aliphatic rings. The van der Waals surface area contributed by atoms with Crippen LogP contribution in [0.2, 0.25) is 5.02 Å². The molecule has 5 heteroatoms. The summed E-state index contributed by atoms with van der Waals surface area (Å²) in [5.74, 6) is 0.169. The lowest BCUT2D eigenvalue weighted by Crippen LogP contribution is -2.14. The van der Waals surface area contributed by atoms with E-state index in [4.69, 9.17) is 22.1 Å². The number of carbonyl (C=O) groups is 1. The number of nitrogens with one attached hydrogen (secondary N) is 1. The normalized spacial score (nSPS) is 10.0. The molecule has 2 aromatic rings. The van der Waals surface area contributed by atoms with Crippen LogP contribution in [-0.2, 0) is 0 Å². The molecule has 0 bridgehead atoms. The first-order valence-corrected chi connectivity index (χ1v) is 5.99. The molecule has 0 saturated carbocycles. The molecule has 1 amide bonds. The third-order valence-corrected chi connectivity index (χ3v) is 2.95. The molecular weight excluding hydrogens is 264 g/mol. The molecule has 0 atom stereocenters. The van der Waals surface area contributed by atoms with Crippen molar-refractivity contribution in [3.63, 3.8) is 0 Å². The monoisotopic (exact) mass is 276 g/mol. The minimum absolute atomic E-state index is 0.322. The Labute approximate surface area is 116 Å². The largest absolute Gasteiger partial charge is 0.496 e. The Balaban J connectivity index is 2.31. The van der Waals surface area contributed by atoms with Crippen molar-refractivity contribution in [2.75, 3.05) is 18.2 Å². The van der Waals surface area contributed by atoms with E-state index in [0.717, 1.165) is 0 Å². The first-order chi connectivity index (χ1) is 9.13. The molecule has 2 aromatic carbocycles. The summed E-state index contributed by atoms with van der Waals surface area (Å²) in [5, 5.41) is 3.09. The van der Waals surface area contributed by atoms with Gasteiger partial charge >= 0.3 is 0 Å². The summed E-state index contributed by atoms with van der Waals surface area (Å²) < 4.78 is 5.14. The van der Waals surface area contributed by atoms with E-state index in [1.807, 2.05) is 0 Å². The molecule has 0 heterocycles. The van der Waals surface area contributed by atoms with Crippen LogP contribution in [0.1, 0.15) is 10.4 Å². The number of amides is 1. The van der Waals surface area contributed by atoms with Crippen LogP contribution in [0.15, 0.2) is 42.5 Å². The number of methoxy groups -OCH3 is 1. The molecule has 0 radical (unpaired) electrons. The summed E-state index contributed by atoms with van der Waals surface area (Å²) in [5.41, 5.74) is 7.02. The van der Waals surface area contributed by atoms with E-state index in [1.165, 1.54) is 7.11 Å². The molecule has 0 fully saturated rings. The van der Waals surface area contributed by atoms with Crippen LogP contribution in [0.3, 0.4) is 0 Å². The molecule has 0 saturated heterocycles. The zero-order chi connectivity index (χ0) is 13.8. The maximum absolute atomic E-state index is 12.2. The first-order valence-electron chi connectivity index (χ1n) is 5.62. The summed E-state index contributed by atoms with van der Waals surface area (Å²) in [4.78, 5) is 12.2. The summed E-state index contributed by atoms with van der Waals surface area (Å²) in [7, 11) is 1.51. The molecule has 19 heavy (non-hydrogen) atoms. The van der Waals surface area contributed by atoms with Crippen molar-refractivity contribution in [3.05, 3.63) is 53.1 Å². The van der Waals surface area contributed by atoms with E-state index < -0.39 is 0 Å². The second kappa shape index (κ2) is 5.63. The fraction of sp³-hybridized carbons (Fsp3) is 0.0714. The molecule has 0 aliphatic heterocycles. The Hall–Kier alpha value is -2.20. The minimum atomic E-state index is -0.322. The number of rotatable bonds is 3. The number of benzene rings is 2. The molecule has 4 nitrogen and oxygen atoms in total. The van der Waals surface area contributed by atoms with Gasteiger partial charge in [0, 0.05) is 0 Å². The predicted molar refractivity (Wildman–Crippen MR) is 76.8 cm³/mol. The third kappa shape index (κ3) is 2.80. The summed E-state index contributed by atoms with van der Waals surface area (Å²) in [6.07, 6.45) is 0. The second-order valence-corrected chi connectivity index (χ2v) is 4.27. The van der Waals surface area contributed by atoms with Crippen LogP contribution in [0.5, 0.6) is 5.75 Å². The molecule has 0 spiro atoms. The topological polar surface area (TPSA) is 64.3 Å². The van der Waals surface area contributed by atoms with E-state index >= 15 is 0 Å². The van der Waals surface area contributed by atoms with E-state index in [2.05, 4.69) is 5.32 Å². The van der Waals surface area contributed by atoms with Gasteiger partial charge in [-0.3, -0.25) is 4.79 Å². The van der Waals surface area contributed by atoms with Gasteiger partial charge < -0.3 is 15.8 Å². The maximum Gasteiger partial charge on any atom is 0.259 e. The van der Waals surface area contributed by atoms with Gasteiger partial charge in [0.25, 0.3) is 5.91 Å². The molecule has 0 aliphatic carbocycles. The van der Waals surface area contributed by atoms with Crippen LogP contribution in [0, 0.1) is 0 Å². The van der Waals surface area contributed by atoms with Gasteiger partial charge in [-0.2, -0.15) is 0 Å². The van der Waals surface area contributed by atoms with Gasteiger partial charge in [0.1, 0.15) is 5.75 Å². The quantitative estimate of drug-likeness (QED) is 0.846. The number of hydrogen-bond acceptors (Lipinski definition) is 3. The Kier molecular flexibility index (Phi) is 3.92. The van der Waals surface area contributed by atoms with Crippen LogP contribution in [0.4, 0.5) is 11.4 Å². The molecule has 98 valence electrons. The van der Waals surface area contributed by atoms with Crippen molar-refractivity contribution >= 4 is 28.9 Å². The Morgan fingerprint density at radius 1 is 1.21 bits per heavy atom. The summed E-state index contributed by atoms with van der Waals surface area (Å²) in [6.45, 7) is 0. The fourth-order valence-electron chi connectivity index (χ4n) is 1.69. The Bertz CT molecular complexity index is 594. The zero-order valence-electron chi connectivity index (χ0n) is 10.3. The van der Waals surface area contributed by atoms with Gasteiger partial charge in [0.05, 0.1) is 29.1 Å². The highest BCUT2D eigenvalue weighted by molar-refractivity contribution is 6.34. The van der Waals surface area contributed by atoms with Crippen LogP contribution in [-0.4, -0.2) is 13.0 Å². The van der Waals surface area contributed by atoms with Gasteiger partial charge in [-0.25, -0.2) is 0 Å². The summed E-state index contributed by atoms with van der Waals surface area (Å²) >= 11 is 6.01. The highest BCUT2D eigenvalue weighted by Gasteiger charge is 2.14. The molecule has 0 aromatic heterocycles. The highest BCUT2D eigenvalue weighted by atomic mass is 35.5. The molecular formula is C14H13ClN2O2. The lowest BCUT2D eigenvalue weighted by molar-refractivity contribution is 0.102. The minimum Gasteiger partial charge on any atom is -0.496 e. The number of anilines is 2. The number of hydrogen-bond donors (Lipinski definition) is 2. The van der Waals surface area contributed by atoms with E-state index in [9.17, 15) is 4.79 Å². The number of nitrogen functional groups attached to an aromatic ring is 1. The second-order valence-electron chi connectivity index (χ2n) is 3.86. The molecule has 3 N–H and O–H groups in total. The first kappa shape index (κ1) is 13.2.